The Labute approximate surface area is 96.3 Å². The van der Waals surface area contributed by atoms with Crippen LogP contribution < -0.4 is 5.56 Å². The van der Waals surface area contributed by atoms with Gasteiger partial charge in [-0.2, -0.15) is 5.26 Å². The molecule has 0 amide bonds. The van der Waals surface area contributed by atoms with Crippen LogP contribution in [-0.2, 0) is 6.54 Å². The van der Waals surface area contributed by atoms with Crippen molar-refractivity contribution >= 4 is 0 Å². The Hall–Kier alpha value is -1.56. The molecule has 0 aliphatic carbocycles. The van der Waals surface area contributed by atoms with Gasteiger partial charge in [0.25, 0.3) is 5.56 Å². The first-order valence-corrected chi connectivity index (χ1v) is 5.61. The second-order valence-corrected chi connectivity index (χ2v) is 4.75. The molecule has 86 valence electrons. The van der Waals surface area contributed by atoms with E-state index in [2.05, 4.69) is 27.7 Å². The van der Waals surface area contributed by atoms with Gasteiger partial charge in [0.15, 0.2) is 0 Å². The standard InChI is InChI=1S/C13H18N2O/c1-9(2)8-15-12(10(3)4)6-5-11(7-14)13(15)16/h5-6,9-10H,8H2,1-4H3. The van der Waals surface area contributed by atoms with Gasteiger partial charge in [0.05, 0.1) is 0 Å². The summed E-state index contributed by atoms with van der Waals surface area (Å²) in [5.74, 6) is 0.684. The van der Waals surface area contributed by atoms with Crippen LogP contribution in [0.3, 0.4) is 0 Å². The van der Waals surface area contributed by atoms with E-state index in [1.165, 1.54) is 0 Å². The maximum atomic E-state index is 12.0. The van der Waals surface area contributed by atoms with Crippen LogP contribution in [0.4, 0.5) is 0 Å². The quantitative estimate of drug-likeness (QED) is 0.782. The van der Waals surface area contributed by atoms with Gasteiger partial charge in [0.2, 0.25) is 0 Å². The van der Waals surface area contributed by atoms with Gasteiger partial charge in [-0.05, 0) is 24.0 Å². The van der Waals surface area contributed by atoms with Gasteiger partial charge in [-0.3, -0.25) is 4.79 Å². The summed E-state index contributed by atoms with van der Waals surface area (Å²) >= 11 is 0. The zero-order valence-corrected chi connectivity index (χ0v) is 10.3. The van der Waals surface area contributed by atoms with Crippen molar-refractivity contribution in [2.75, 3.05) is 0 Å². The fourth-order valence-corrected chi connectivity index (χ4v) is 1.74. The number of hydrogen-bond acceptors (Lipinski definition) is 2. The summed E-state index contributed by atoms with van der Waals surface area (Å²) in [5, 5.41) is 8.84. The second-order valence-electron chi connectivity index (χ2n) is 4.75. The molecule has 0 aromatic carbocycles. The van der Waals surface area contributed by atoms with Crippen molar-refractivity contribution in [1.29, 1.82) is 5.26 Å². The molecule has 0 unspecified atom stereocenters. The van der Waals surface area contributed by atoms with E-state index in [-0.39, 0.29) is 11.1 Å². The Bertz CT molecular complexity index is 464. The highest BCUT2D eigenvalue weighted by atomic mass is 16.1. The van der Waals surface area contributed by atoms with E-state index in [1.807, 2.05) is 12.1 Å². The number of aromatic nitrogens is 1. The van der Waals surface area contributed by atoms with Crippen molar-refractivity contribution in [3.8, 4) is 6.07 Å². The average Bonchev–Trinajstić information content (AvgIpc) is 2.19. The van der Waals surface area contributed by atoms with Crippen LogP contribution in [0.1, 0.15) is 44.9 Å². The van der Waals surface area contributed by atoms with Crippen LogP contribution in [0.5, 0.6) is 0 Å². The number of rotatable bonds is 3. The van der Waals surface area contributed by atoms with Crippen LogP contribution in [0.15, 0.2) is 16.9 Å². The first-order valence-electron chi connectivity index (χ1n) is 5.61. The van der Waals surface area contributed by atoms with Crippen molar-refractivity contribution in [2.45, 2.75) is 40.2 Å². The Kier molecular flexibility index (Phi) is 3.89. The molecule has 1 aromatic heterocycles. The molecule has 16 heavy (non-hydrogen) atoms. The van der Waals surface area contributed by atoms with Crippen LogP contribution in [0.25, 0.3) is 0 Å². The van der Waals surface area contributed by atoms with Crippen LogP contribution in [0, 0.1) is 17.2 Å². The molecule has 0 saturated carbocycles. The van der Waals surface area contributed by atoms with Gasteiger partial charge in [0.1, 0.15) is 11.6 Å². The highest BCUT2D eigenvalue weighted by molar-refractivity contribution is 5.28. The molecule has 0 aliphatic heterocycles. The Balaban J connectivity index is 3.38. The Morgan fingerprint density at radius 3 is 2.38 bits per heavy atom. The smallest absolute Gasteiger partial charge is 0.268 e. The molecule has 0 N–H and O–H groups in total. The number of nitrogens with zero attached hydrogens (tertiary/aromatic N) is 2. The number of hydrogen-bond donors (Lipinski definition) is 0. The topological polar surface area (TPSA) is 45.8 Å². The summed E-state index contributed by atoms with van der Waals surface area (Å²) in [5.41, 5.74) is 1.06. The third-order valence-corrected chi connectivity index (χ3v) is 2.47. The molecule has 1 rings (SSSR count). The van der Waals surface area contributed by atoms with E-state index >= 15 is 0 Å². The van der Waals surface area contributed by atoms with Crippen LogP contribution >= 0.6 is 0 Å². The minimum absolute atomic E-state index is 0.164. The highest BCUT2D eigenvalue weighted by Gasteiger charge is 2.11. The lowest BCUT2D eigenvalue weighted by Crippen LogP contribution is -2.28. The van der Waals surface area contributed by atoms with Gasteiger partial charge < -0.3 is 4.57 Å². The average molecular weight is 218 g/mol. The SMILES string of the molecule is CC(C)Cn1c(C(C)C)ccc(C#N)c1=O. The van der Waals surface area contributed by atoms with E-state index in [0.717, 1.165) is 5.69 Å². The van der Waals surface area contributed by atoms with E-state index in [1.54, 1.807) is 10.6 Å². The molecule has 1 aromatic rings. The van der Waals surface area contributed by atoms with Crippen LogP contribution in [-0.4, -0.2) is 4.57 Å². The van der Waals surface area contributed by atoms with Gasteiger partial charge >= 0.3 is 0 Å². The predicted molar refractivity (Wildman–Crippen MR) is 64.3 cm³/mol. The molecular formula is C13H18N2O. The lowest BCUT2D eigenvalue weighted by molar-refractivity contribution is 0.487. The third-order valence-electron chi connectivity index (χ3n) is 2.47. The Morgan fingerprint density at radius 2 is 1.94 bits per heavy atom. The lowest BCUT2D eigenvalue weighted by Gasteiger charge is -2.17. The summed E-state index contributed by atoms with van der Waals surface area (Å²) in [6.07, 6.45) is 0. The van der Waals surface area contributed by atoms with Crippen LogP contribution in [0.2, 0.25) is 0 Å². The molecule has 1 heterocycles. The van der Waals surface area contributed by atoms with Crippen molar-refractivity contribution in [3.63, 3.8) is 0 Å². The first kappa shape index (κ1) is 12.5. The largest absolute Gasteiger partial charge is 0.311 e. The van der Waals surface area contributed by atoms with Gasteiger partial charge in [0, 0.05) is 12.2 Å². The predicted octanol–water partition coefficient (Wildman–Crippen LogP) is 2.50. The molecule has 3 heteroatoms. The van der Waals surface area contributed by atoms with Crippen molar-refractivity contribution in [3.05, 3.63) is 33.7 Å². The van der Waals surface area contributed by atoms with E-state index in [0.29, 0.717) is 18.4 Å². The van der Waals surface area contributed by atoms with E-state index < -0.39 is 0 Å². The van der Waals surface area contributed by atoms with Gasteiger partial charge in [-0.15, -0.1) is 0 Å². The molecule has 0 aliphatic rings. The molecular weight excluding hydrogens is 200 g/mol. The summed E-state index contributed by atoms with van der Waals surface area (Å²) in [7, 11) is 0. The molecule has 0 saturated heterocycles. The Morgan fingerprint density at radius 1 is 1.31 bits per heavy atom. The second kappa shape index (κ2) is 4.98. The normalized spacial score (nSPS) is 10.8. The summed E-state index contributed by atoms with van der Waals surface area (Å²) in [4.78, 5) is 12.0. The van der Waals surface area contributed by atoms with E-state index in [9.17, 15) is 4.79 Å². The molecule has 0 spiro atoms. The van der Waals surface area contributed by atoms with Gasteiger partial charge in [-0.1, -0.05) is 27.7 Å². The lowest BCUT2D eigenvalue weighted by atomic mass is 10.1. The van der Waals surface area contributed by atoms with Gasteiger partial charge in [-0.25, -0.2) is 0 Å². The monoisotopic (exact) mass is 218 g/mol. The molecule has 0 atom stereocenters. The minimum Gasteiger partial charge on any atom is -0.311 e. The fraction of sp³-hybridized carbons (Fsp3) is 0.538. The summed E-state index contributed by atoms with van der Waals surface area (Å²) in [6.45, 7) is 8.91. The van der Waals surface area contributed by atoms with Crippen molar-refractivity contribution in [2.24, 2.45) is 5.92 Å². The van der Waals surface area contributed by atoms with E-state index in [4.69, 9.17) is 5.26 Å². The maximum absolute atomic E-state index is 12.0. The molecule has 0 fully saturated rings. The van der Waals surface area contributed by atoms with Crippen molar-refractivity contribution < 1.29 is 0 Å². The third kappa shape index (κ3) is 2.52. The summed E-state index contributed by atoms with van der Waals surface area (Å²) < 4.78 is 1.73. The highest BCUT2D eigenvalue weighted by Crippen LogP contribution is 2.14. The first-order chi connectivity index (χ1) is 7.47. The number of pyridine rings is 1. The maximum Gasteiger partial charge on any atom is 0.268 e. The minimum atomic E-state index is -0.164. The van der Waals surface area contributed by atoms with Crippen molar-refractivity contribution in [1.82, 2.24) is 4.57 Å². The molecule has 3 nitrogen and oxygen atoms in total. The zero-order chi connectivity index (χ0) is 12.3. The fourth-order valence-electron chi connectivity index (χ4n) is 1.74. The molecule has 0 bridgehead atoms. The zero-order valence-electron chi connectivity index (χ0n) is 10.3. The molecule has 0 radical (unpaired) electrons. The number of nitriles is 1. The summed E-state index contributed by atoms with van der Waals surface area (Å²) in [6, 6.07) is 5.44.